The molecule has 2 aromatic carbocycles. The molecule has 0 bridgehead atoms. The molecule has 0 aliphatic carbocycles. The summed E-state index contributed by atoms with van der Waals surface area (Å²) in [4.78, 5) is 23.8. The normalized spacial score (nSPS) is 11.2. The summed E-state index contributed by atoms with van der Waals surface area (Å²) in [5, 5.41) is 12.0. The molecule has 1 N–H and O–H groups in total. The van der Waals surface area contributed by atoms with Gasteiger partial charge < -0.3 is 14.8 Å². The lowest BCUT2D eigenvalue weighted by Gasteiger charge is -2.14. The predicted octanol–water partition coefficient (Wildman–Crippen LogP) is 3.81. The number of rotatable bonds is 6. The quantitative estimate of drug-likeness (QED) is 0.754. The molecule has 1 atom stereocenters. The minimum absolute atomic E-state index is 0.214. The van der Waals surface area contributed by atoms with Crippen LogP contribution in [0.5, 0.6) is 5.75 Å². The fourth-order valence-electron chi connectivity index (χ4n) is 1.93. The number of nitriles is 1. The van der Waals surface area contributed by atoms with Crippen molar-refractivity contribution in [2.45, 2.75) is 13.0 Å². The molecule has 0 saturated heterocycles. The summed E-state index contributed by atoms with van der Waals surface area (Å²) in [5.41, 5.74) is 0.682. The van der Waals surface area contributed by atoms with Crippen LogP contribution in [-0.4, -0.2) is 24.6 Å². The highest BCUT2D eigenvalue weighted by molar-refractivity contribution is 6.32. The second kappa shape index (κ2) is 9.09. The monoisotopic (exact) mass is 392 g/mol. The fourth-order valence-corrected chi connectivity index (χ4v) is 2.33. The molecule has 2 aromatic rings. The van der Waals surface area contributed by atoms with Gasteiger partial charge in [0.05, 0.1) is 10.6 Å². The molecule has 0 radical (unpaired) electrons. The lowest BCUT2D eigenvalue weighted by molar-refractivity contribution is -0.153. The van der Waals surface area contributed by atoms with Crippen molar-refractivity contribution in [2.75, 3.05) is 11.9 Å². The molecule has 134 valence electrons. The van der Waals surface area contributed by atoms with Crippen molar-refractivity contribution in [1.29, 1.82) is 5.26 Å². The SMILES string of the molecule is CC(Oc1cccc(Cl)c1)C(=O)OCC(=O)Nc1ccc(C#N)c(Cl)c1. The lowest BCUT2D eigenvalue weighted by Crippen LogP contribution is -2.29. The second-order valence-electron chi connectivity index (χ2n) is 5.18. The van der Waals surface area contributed by atoms with Crippen molar-refractivity contribution < 1.29 is 19.1 Å². The van der Waals surface area contributed by atoms with Crippen LogP contribution < -0.4 is 10.1 Å². The van der Waals surface area contributed by atoms with Crippen LogP contribution in [0.2, 0.25) is 10.0 Å². The summed E-state index contributed by atoms with van der Waals surface area (Å²) in [6.45, 7) is 1.02. The number of nitrogens with one attached hydrogen (secondary N) is 1. The van der Waals surface area contributed by atoms with Crippen molar-refractivity contribution in [3.8, 4) is 11.8 Å². The average molecular weight is 393 g/mol. The zero-order chi connectivity index (χ0) is 19.1. The molecule has 26 heavy (non-hydrogen) atoms. The van der Waals surface area contributed by atoms with E-state index in [-0.39, 0.29) is 5.02 Å². The van der Waals surface area contributed by atoms with Gasteiger partial charge in [-0.05, 0) is 43.3 Å². The molecular formula is C18H14Cl2N2O4. The van der Waals surface area contributed by atoms with E-state index in [1.165, 1.54) is 25.1 Å². The summed E-state index contributed by atoms with van der Waals surface area (Å²) >= 11 is 11.7. The van der Waals surface area contributed by atoms with E-state index < -0.39 is 24.6 Å². The Morgan fingerprint density at radius 3 is 2.65 bits per heavy atom. The third-order valence-electron chi connectivity index (χ3n) is 3.16. The molecule has 0 aliphatic heterocycles. The molecule has 1 unspecified atom stereocenters. The molecule has 0 aromatic heterocycles. The predicted molar refractivity (Wildman–Crippen MR) is 97.3 cm³/mol. The highest BCUT2D eigenvalue weighted by Gasteiger charge is 2.18. The number of amides is 1. The Morgan fingerprint density at radius 2 is 2.00 bits per heavy atom. The van der Waals surface area contributed by atoms with Gasteiger partial charge in [0.2, 0.25) is 0 Å². The smallest absolute Gasteiger partial charge is 0.347 e. The average Bonchev–Trinajstić information content (AvgIpc) is 2.60. The number of benzene rings is 2. The zero-order valence-electron chi connectivity index (χ0n) is 13.7. The van der Waals surface area contributed by atoms with E-state index >= 15 is 0 Å². The van der Waals surface area contributed by atoms with Crippen molar-refractivity contribution in [3.63, 3.8) is 0 Å². The van der Waals surface area contributed by atoms with Gasteiger partial charge in [0.1, 0.15) is 11.8 Å². The first-order chi connectivity index (χ1) is 12.4. The second-order valence-corrected chi connectivity index (χ2v) is 6.02. The maximum atomic E-state index is 11.9. The van der Waals surface area contributed by atoms with E-state index in [4.69, 9.17) is 37.9 Å². The van der Waals surface area contributed by atoms with E-state index in [2.05, 4.69) is 5.32 Å². The number of nitrogens with zero attached hydrogens (tertiary/aromatic N) is 1. The Morgan fingerprint density at radius 1 is 1.23 bits per heavy atom. The molecule has 0 saturated carbocycles. The molecule has 6 nitrogen and oxygen atoms in total. The van der Waals surface area contributed by atoms with E-state index in [1.54, 1.807) is 24.3 Å². The molecule has 0 spiro atoms. The topological polar surface area (TPSA) is 88.4 Å². The number of esters is 1. The molecule has 0 fully saturated rings. The number of halogens is 2. The van der Waals surface area contributed by atoms with E-state index in [0.29, 0.717) is 22.0 Å². The van der Waals surface area contributed by atoms with Crippen molar-refractivity contribution in [1.82, 2.24) is 0 Å². The van der Waals surface area contributed by atoms with Gasteiger partial charge in [-0.15, -0.1) is 0 Å². The van der Waals surface area contributed by atoms with Gasteiger partial charge in [-0.3, -0.25) is 4.79 Å². The third kappa shape index (κ3) is 5.66. The number of ether oxygens (including phenoxy) is 2. The van der Waals surface area contributed by atoms with Crippen LogP contribution in [0.15, 0.2) is 42.5 Å². The van der Waals surface area contributed by atoms with Crippen molar-refractivity contribution in [3.05, 3.63) is 58.1 Å². The van der Waals surface area contributed by atoms with Crippen LogP contribution in [-0.2, 0) is 14.3 Å². The Bertz CT molecular complexity index is 865. The highest BCUT2D eigenvalue weighted by atomic mass is 35.5. The minimum atomic E-state index is -0.911. The van der Waals surface area contributed by atoms with Crippen molar-refractivity contribution >= 4 is 40.8 Å². The number of carbonyl (C=O) groups is 2. The molecular weight excluding hydrogens is 379 g/mol. The summed E-state index contributed by atoms with van der Waals surface area (Å²) in [7, 11) is 0. The maximum absolute atomic E-state index is 11.9. The first kappa shape index (κ1) is 19.6. The number of anilines is 1. The fraction of sp³-hybridized carbons (Fsp3) is 0.167. The minimum Gasteiger partial charge on any atom is -0.479 e. The van der Waals surface area contributed by atoms with Gasteiger partial charge in [0.25, 0.3) is 5.91 Å². The first-order valence-electron chi connectivity index (χ1n) is 7.47. The Labute approximate surface area is 160 Å². The largest absolute Gasteiger partial charge is 0.479 e. The van der Waals surface area contributed by atoms with E-state index in [0.717, 1.165) is 0 Å². The molecule has 1 amide bonds. The summed E-state index contributed by atoms with van der Waals surface area (Å²) in [5.74, 6) is -0.828. The van der Waals surface area contributed by atoms with Crippen molar-refractivity contribution in [2.24, 2.45) is 0 Å². The molecule has 2 rings (SSSR count). The number of hydrogen-bond acceptors (Lipinski definition) is 5. The Balaban J connectivity index is 1.83. The van der Waals surface area contributed by atoms with Crippen LogP contribution in [0.1, 0.15) is 12.5 Å². The summed E-state index contributed by atoms with van der Waals surface area (Å²) in [6.07, 6.45) is -0.911. The van der Waals surface area contributed by atoms with Gasteiger partial charge in [-0.1, -0.05) is 29.3 Å². The van der Waals surface area contributed by atoms with Gasteiger partial charge >= 0.3 is 5.97 Å². The van der Waals surface area contributed by atoms with Crippen LogP contribution in [0.4, 0.5) is 5.69 Å². The number of carbonyl (C=O) groups excluding carboxylic acids is 2. The standard InChI is InChI=1S/C18H14Cl2N2O4/c1-11(26-15-4-2-3-13(19)7-15)18(24)25-10-17(23)22-14-6-5-12(9-21)16(20)8-14/h2-8,11H,10H2,1H3,(H,22,23). The summed E-state index contributed by atoms with van der Waals surface area (Å²) < 4.78 is 10.3. The highest BCUT2D eigenvalue weighted by Crippen LogP contribution is 2.20. The molecule has 0 heterocycles. The first-order valence-corrected chi connectivity index (χ1v) is 8.23. The van der Waals surface area contributed by atoms with Crippen LogP contribution >= 0.6 is 23.2 Å². The van der Waals surface area contributed by atoms with Gasteiger partial charge in [-0.25, -0.2) is 4.79 Å². The third-order valence-corrected chi connectivity index (χ3v) is 3.71. The van der Waals surface area contributed by atoms with E-state index in [1.807, 2.05) is 6.07 Å². The zero-order valence-corrected chi connectivity index (χ0v) is 15.2. The van der Waals surface area contributed by atoms with Crippen LogP contribution in [0.25, 0.3) is 0 Å². The maximum Gasteiger partial charge on any atom is 0.347 e. The lowest BCUT2D eigenvalue weighted by atomic mass is 10.2. The molecule has 8 heteroatoms. The Kier molecular flexibility index (Phi) is 6.84. The van der Waals surface area contributed by atoms with Gasteiger partial charge in [0, 0.05) is 10.7 Å². The Hall–Kier alpha value is -2.75. The van der Waals surface area contributed by atoms with Gasteiger partial charge in [-0.2, -0.15) is 5.26 Å². The van der Waals surface area contributed by atoms with Gasteiger partial charge in [0.15, 0.2) is 12.7 Å². The molecule has 0 aliphatic rings. The van der Waals surface area contributed by atoms with Crippen LogP contribution in [0.3, 0.4) is 0 Å². The van der Waals surface area contributed by atoms with Crippen LogP contribution in [0, 0.1) is 11.3 Å². The summed E-state index contributed by atoms with van der Waals surface area (Å²) in [6, 6.07) is 12.9. The number of hydrogen-bond donors (Lipinski definition) is 1. The van der Waals surface area contributed by atoms with E-state index in [9.17, 15) is 9.59 Å².